The Hall–Kier alpha value is -3.66. The molecule has 0 unspecified atom stereocenters. The van der Waals surface area contributed by atoms with E-state index in [4.69, 9.17) is 5.73 Å². The lowest BCUT2D eigenvalue weighted by atomic mass is 10.0. The summed E-state index contributed by atoms with van der Waals surface area (Å²) in [5.74, 6) is -0.358. The van der Waals surface area contributed by atoms with Gasteiger partial charge >= 0.3 is 0 Å². The molecule has 7 nitrogen and oxygen atoms in total. The van der Waals surface area contributed by atoms with Crippen molar-refractivity contribution in [2.45, 2.75) is 24.0 Å². The Kier molecular flexibility index (Phi) is 6.69. The lowest BCUT2D eigenvalue weighted by Crippen LogP contribution is -2.37. The number of anilines is 1. The van der Waals surface area contributed by atoms with E-state index in [-0.39, 0.29) is 16.3 Å². The van der Waals surface area contributed by atoms with Crippen LogP contribution in [0.2, 0.25) is 0 Å². The number of benzene rings is 3. The van der Waals surface area contributed by atoms with Crippen LogP contribution in [0.25, 0.3) is 22.4 Å². The highest BCUT2D eigenvalue weighted by Gasteiger charge is 2.26. The van der Waals surface area contributed by atoms with Crippen molar-refractivity contribution in [3.05, 3.63) is 96.6 Å². The highest BCUT2D eigenvalue weighted by Crippen LogP contribution is 2.31. The quantitative estimate of drug-likeness (QED) is 0.370. The molecule has 0 radical (unpaired) electrons. The predicted molar refractivity (Wildman–Crippen MR) is 128 cm³/mol. The predicted octanol–water partition coefficient (Wildman–Crippen LogP) is 3.93. The second-order valence-corrected chi connectivity index (χ2v) is 9.47. The van der Waals surface area contributed by atoms with Crippen molar-refractivity contribution < 1.29 is 17.9 Å². The van der Waals surface area contributed by atoms with Gasteiger partial charge in [-0.25, -0.2) is 22.5 Å². The number of sulfonamides is 1. The molecular formula is C25H23FN4O3S. The van der Waals surface area contributed by atoms with Crippen molar-refractivity contribution in [2.24, 2.45) is 0 Å². The molecule has 0 aliphatic carbocycles. The van der Waals surface area contributed by atoms with Gasteiger partial charge in [0.15, 0.2) is 0 Å². The molecule has 4 aromatic rings. The van der Waals surface area contributed by atoms with E-state index in [0.717, 1.165) is 0 Å². The molecule has 4 N–H and O–H groups in total. The molecule has 34 heavy (non-hydrogen) atoms. The smallest absolute Gasteiger partial charge is 0.241 e. The Balaban J connectivity index is 1.65. The van der Waals surface area contributed by atoms with Crippen LogP contribution in [0.1, 0.15) is 18.6 Å². The van der Waals surface area contributed by atoms with Crippen molar-refractivity contribution in [2.75, 3.05) is 5.73 Å². The maximum absolute atomic E-state index is 15.0. The highest BCUT2D eigenvalue weighted by atomic mass is 32.2. The largest absolute Gasteiger partial charge is 0.387 e. The first-order chi connectivity index (χ1) is 16.3. The summed E-state index contributed by atoms with van der Waals surface area (Å²) < 4.78 is 44.0. The van der Waals surface area contributed by atoms with E-state index < -0.39 is 28.0 Å². The van der Waals surface area contributed by atoms with E-state index in [0.29, 0.717) is 22.4 Å². The number of nitrogens with two attached hydrogens (primary N) is 1. The minimum Gasteiger partial charge on any atom is -0.387 e. The van der Waals surface area contributed by atoms with Gasteiger partial charge in [0.05, 0.1) is 29.1 Å². The van der Waals surface area contributed by atoms with Crippen molar-refractivity contribution in [3.63, 3.8) is 0 Å². The van der Waals surface area contributed by atoms with Gasteiger partial charge in [-0.15, -0.1) is 0 Å². The number of nitrogens with one attached hydrogen (secondary N) is 1. The molecule has 4 rings (SSSR count). The topological polar surface area (TPSA) is 118 Å². The second-order valence-electron chi connectivity index (χ2n) is 7.78. The SMILES string of the molecule is C[C@H](NS(=O)(=O)c1ccccc1-c1ccc(-c2cnc(N)cn2)c(F)c1)[C@H](O)c1ccccc1. The molecule has 0 saturated heterocycles. The summed E-state index contributed by atoms with van der Waals surface area (Å²) in [6, 6.07) is 18.7. The van der Waals surface area contributed by atoms with Crippen LogP contribution in [0.4, 0.5) is 10.2 Å². The number of nitrogens with zero attached hydrogens (tertiary/aromatic N) is 2. The molecule has 2 atom stereocenters. The first kappa shape index (κ1) is 23.5. The van der Waals surface area contributed by atoms with Gasteiger partial charge in [-0.2, -0.15) is 0 Å². The van der Waals surface area contributed by atoms with E-state index in [9.17, 15) is 17.9 Å². The zero-order chi connectivity index (χ0) is 24.3. The summed E-state index contributed by atoms with van der Waals surface area (Å²) in [5.41, 5.74) is 7.36. The van der Waals surface area contributed by atoms with Gasteiger partial charge in [0.1, 0.15) is 11.6 Å². The van der Waals surface area contributed by atoms with Gasteiger partial charge < -0.3 is 10.8 Å². The Morgan fingerprint density at radius 3 is 2.32 bits per heavy atom. The number of hydrogen-bond donors (Lipinski definition) is 3. The number of aliphatic hydroxyl groups excluding tert-OH is 1. The average Bonchev–Trinajstić information content (AvgIpc) is 2.84. The van der Waals surface area contributed by atoms with Crippen LogP contribution < -0.4 is 10.5 Å². The minimum absolute atomic E-state index is 0.0264. The molecule has 1 aromatic heterocycles. The molecule has 0 aliphatic heterocycles. The first-order valence-electron chi connectivity index (χ1n) is 10.5. The summed E-state index contributed by atoms with van der Waals surface area (Å²) in [6.45, 7) is 1.58. The zero-order valence-electron chi connectivity index (χ0n) is 18.3. The molecule has 0 saturated carbocycles. The van der Waals surface area contributed by atoms with Gasteiger partial charge in [0.25, 0.3) is 0 Å². The molecular weight excluding hydrogens is 455 g/mol. The average molecular weight is 479 g/mol. The van der Waals surface area contributed by atoms with Crippen LogP contribution in [-0.2, 0) is 10.0 Å². The summed E-state index contributed by atoms with van der Waals surface area (Å²) in [4.78, 5) is 7.99. The van der Waals surface area contributed by atoms with E-state index in [1.54, 1.807) is 55.5 Å². The minimum atomic E-state index is -4.04. The third kappa shape index (κ3) is 4.96. The van der Waals surface area contributed by atoms with E-state index >= 15 is 0 Å². The maximum atomic E-state index is 15.0. The van der Waals surface area contributed by atoms with E-state index in [1.807, 2.05) is 6.07 Å². The highest BCUT2D eigenvalue weighted by molar-refractivity contribution is 7.89. The van der Waals surface area contributed by atoms with Crippen LogP contribution in [0.15, 0.2) is 90.1 Å². The fourth-order valence-corrected chi connectivity index (χ4v) is 5.10. The number of aliphatic hydroxyl groups is 1. The third-order valence-corrected chi connectivity index (χ3v) is 6.98. The Morgan fingerprint density at radius 2 is 1.65 bits per heavy atom. The number of aromatic nitrogens is 2. The summed E-state index contributed by atoms with van der Waals surface area (Å²) in [7, 11) is -4.04. The van der Waals surface area contributed by atoms with Crippen molar-refractivity contribution in [1.29, 1.82) is 0 Å². The number of hydrogen-bond acceptors (Lipinski definition) is 6. The molecule has 0 amide bonds. The third-order valence-electron chi connectivity index (χ3n) is 5.36. The summed E-state index contributed by atoms with van der Waals surface area (Å²) in [6.07, 6.45) is 1.66. The van der Waals surface area contributed by atoms with Gasteiger partial charge in [-0.1, -0.05) is 54.6 Å². The van der Waals surface area contributed by atoms with Crippen LogP contribution in [-0.4, -0.2) is 29.5 Å². The van der Waals surface area contributed by atoms with Crippen molar-refractivity contribution in [3.8, 4) is 22.4 Å². The Labute approximate surface area is 197 Å². The maximum Gasteiger partial charge on any atom is 0.241 e. The fourth-order valence-electron chi connectivity index (χ4n) is 3.62. The molecule has 0 aliphatic rings. The van der Waals surface area contributed by atoms with Crippen LogP contribution in [0, 0.1) is 5.82 Å². The normalized spacial score (nSPS) is 13.4. The van der Waals surface area contributed by atoms with Gasteiger partial charge in [-0.3, -0.25) is 4.98 Å². The lowest BCUT2D eigenvalue weighted by molar-refractivity contribution is 0.146. The molecule has 0 spiro atoms. The van der Waals surface area contributed by atoms with Gasteiger partial charge in [-0.05, 0) is 36.2 Å². The standard InChI is InChI=1S/C25H23FN4O3S/c1-16(25(31)17-7-3-2-4-8-17)30-34(32,33)23-10-6-5-9-19(23)18-11-12-20(21(26)13-18)22-14-29-24(27)15-28-22/h2-16,25,30-31H,1H3,(H2,27,29)/t16-,25-/m0/s1. The van der Waals surface area contributed by atoms with Crippen LogP contribution >= 0.6 is 0 Å². The number of halogens is 1. The molecule has 0 fully saturated rings. The van der Waals surface area contributed by atoms with Crippen LogP contribution in [0.5, 0.6) is 0 Å². The van der Waals surface area contributed by atoms with E-state index in [1.165, 1.54) is 30.6 Å². The monoisotopic (exact) mass is 478 g/mol. The first-order valence-corrected chi connectivity index (χ1v) is 12.0. The number of rotatable bonds is 7. The molecule has 3 aromatic carbocycles. The summed E-state index contributed by atoms with van der Waals surface area (Å²) in [5, 5.41) is 10.6. The Morgan fingerprint density at radius 1 is 0.941 bits per heavy atom. The molecule has 0 bridgehead atoms. The molecule has 9 heteroatoms. The van der Waals surface area contributed by atoms with Crippen LogP contribution in [0.3, 0.4) is 0 Å². The molecule has 1 heterocycles. The summed E-state index contributed by atoms with van der Waals surface area (Å²) >= 11 is 0. The fraction of sp³-hybridized carbons (Fsp3) is 0.120. The lowest BCUT2D eigenvalue weighted by Gasteiger charge is -2.21. The Bertz CT molecular complexity index is 1400. The van der Waals surface area contributed by atoms with Gasteiger partial charge in [0.2, 0.25) is 10.0 Å². The van der Waals surface area contributed by atoms with E-state index in [2.05, 4.69) is 14.7 Å². The van der Waals surface area contributed by atoms with Crippen molar-refractivity contribution >= 4 is 15.8 Å². The van der Waals surface area contributed by atoms with Crippen molar-refractivity contribution in [1.82, 2.24) is 14.7 Å². The number of nitrogen functional groups attached to an aromatic ring is 1. The second kappa shape index (κ2) is 9.68. The molecule has 174 valence electrons. The van der Waals surface area contributed by atoms with Gasteiger partial charge in [0, 0.05) is 17.2 Å². The zero-order valence-corrected chi connectivity index (χ0v) is 19.1.